The van der Waals surface area contributed by atoms with Crippen molar-refractivity contribution in [3.8, 4) is 0 Å². The Kier molecular flexibility index (Phi) is 5.96. The van der Waals surface area contributed by atoms with Crippen LogP contribution in [0.5, 0.6) is 0 Å². The first-order valence-electron chi connectivity index (χ1n) is 7.14. The van der Waals surface area contributed by atoms with Gasteiger partial charge in [-0.1, -0.05) is 0 Å². The average molecular weight is 331 g/mol. The van der Waals surface area contributed by atoms with Gasteiger partial charge in [0.15, 0.2) is 11.6 Å². The quantitative estimate of drug-likeness (QED) is 0.513. The van der Waals surface area contributed by atoms with Crippen molar-refractivity contribution in [2.24, 2.45) is 0 Å². The number of fused-ring (bicyclic) bond motifs is 1. The van der Waals surface area contributed by atoms with Crippen LogP contribution in [0.1, 0.15) is 13.8 Å². The third-order valence-corrected chi connectivity index (χ3v) is 4.81. The lowest BCUT2D eigenvalue weighted by atomic mass is 10.4. The molecule has 1 aliphatic rings. The van der Waals surface area contributed by atoms with Crippen LogP contribution in [0.4, 0.5) is 17.3 Å². The van der Waals surface area contributed by atoms with Crippen LogP contribution in [0.15, 0.2) is 6.33 Å². The Balaban J connectivity index is 1.81. The number of aromatic nitrogens is 2. The van der Waals surface area contributed by atoms with Crippen LogP contribution in [0, 0.1) is 0 Å². The minimum absolute atomic E-state index is 0.0608. The lowest BCUT2D eigenvalue weighted by Gasteiger charge is -2.19. The molecular formula is C12H22N5O4P. The van der Waals surface area contributed by atoms with E-state index >= 15 is 0 Å². The van der Waals surface area contributed by atoms with Crippen LogP contribution in [-0.2, 0) is 18.3 Å². The van der Waals surface area contributed by atoms with Gasteiger partial charge < -0.3 is 29.7 Å². The SMILES string of the molecule is CCOP(=O)(COCCN1CNc2c(N)ncnc21)OCC. The predicted molar refractivity (Wildman–Crippen MR) is 84.0 cm³/mol. The number of nitrogens with zero attached hydrogens (tertiary/aromatic N) is 3. The number of hydrogen-bond acceptors (Lipinski definition) is 9. The highest BCUT2D eigenvalue weighted by atomic mass is 31.2. The number of anilines is 3. The molecule has 0 atom stereocenters. The molecule has 22 heavy (non-hydrogen) atoms. The summed E-state index contributed by atoms with van der Waals surface area (Å²) >= 11 is 0. The molecule has 0 unspecified atom stereocenters. The third kappa shape index (κ3) is 4.07. The molecule has 0 bridgehead atoms. The van der Waals surface area contributed by atoms with Gasteiger partial charge in [0, 0.05) is 6.54 Å². The second-order valence-corrected chi connectivity index (χ2v) is 6.54. The molecule has 0 fully saturated rings. The fourth-order valence-electron chi connectivity index (χ4n) is 2.09. The maximum absolute atomic E-state index is 12.2. The van der Waals surface area contributed by atoms with Crippen molar-refractivity contribution >= 4 is 24.9 Å². The normalized spacial score (nSPS) is 14.0. The summed E-state index contributed by atoms with van der Waals surface area (Å²) in [6, 6.07) is 0. The summed E-state index contributed by atoms with van der Waals surface area (Å²) in [7, 11) is -3.16. The predicted octanol–water partition coefficient (Wildman–Crippen LogP) is 1.49. The van der Waals surface area contributed by atoms with E-state index in [0.29, 0.717) is 38.9 Å². The Hall–Kier alpha value is -1.41. The van der Waals surface area contributed by atoms with Crippen molar-refractivity contribution in [3.63, 3.8) is 0 Å². The summed E-state index contributed by atoms with van der Waals surface area (Å²) in [4.78, 5) is 10.1. The highest BCUT2D eigenvalue weighted by Gasteiger charge is 2.25. The van der Waals surface area contributed by atoms with E-state index < -0.39 is 7.60 Å². The molecule has 1 aromatic rings. The van der Waals surface area contributed by atoms with Crippen molar-refractivity contribution < 1.29 is 18.3 Å². The topological polar surface area (TPSA) is 112 Å². The lowest BCUT2D eigenvalue weighted by Crippen LogP contribution is -2.27. The maximum Gasteiger partial charge on any atom is 0.356 e. The molecule has 2 rings (SSSR count). The van der Waals surface area contributed by atoms with E-state index in [1.165, 1.54) is 6.33 Å². The minimum atomic E-state index is -3.16. The van der Waals surface area contributed by atoms with E-state index in [0.717, 1.165) is 11.5 Å². The second kappa shape index (κ2) is 7.73. The molecule has 0 aliphatic carbocycles. The van der Waals surface area contributed by atoms with Gasteiger partial charge in [0.05, 0.1) is 26.5 Å². The third-order valence-electron chi connectivity index (χ3n) is 3.01. The number of nitrogens with two attached hydrogens (primary N) is 1. The van der Waals surface area contributed by atoms with Crippen LogP contribution in [0.2, 0.25) is 0 Å². The molecule has 3 N–H and O–H groups in total. The fourth-order valence-corrected chi connectivity index (χ4v) is 3.45. The first-order valence-corrected chi connectivity index (χ1v) is 8.87. The Morgan fingerprint density at radius 2 is 2.09 bits per heavy atom. The van der Waals surface area contributed by atoms with Crippen LogP contribution in [0.3, 0.4) is 0 Å². The summed E-state index contributed by atoms with van der Waals surface area (Å²) in [6.07, 6.45) is 1.36. The van der Waals surface area contributed by atoms with Gasteiger partial charge in [-0.05, 0) is 13.8 Å². The zero-order valence-corrected chi connectivity index (χ0v) is 13.7. The molecule has 1 aromatic heterocycles. The second-order valence-electron chi connectivity index (χ2n) is 4.54. The average Bonchev–Trinajstić information content (AvgIpc) is 2.89. The summed E-state index contributed by atoms with van der Waals surface area (Å²) < 4.78 is 28.0. The molecule has 0 aromatic carbocycles. The molecule has 9 nitrogen and oxygen atoms in total. The molecule has 1 aliphatic heterocycles. The highest BCUT2D eigenvalue weighted by molar-refractivity contribution is 7.53. The van der Waals surface area contributed by atoms with E-state index in [1.807, 2.05) is 4.90 Å². The number of ether oxygens (including phenoxy) is 1. The lowest BCUT2D eigenvalue weighted by molar-refractivity contribution is 0.136. The molecule has 2 heterocycles. The summed E-state index contributed by atoms with van der Waals surface area (Å²) in [5.41, 5.74) is 6.50. The van der Waals surface area contributed by atoms with Gasteiger partial charge in [-0.3, -0.25) is 4.57 Å². The first-order chi connectivity index (χ1) is 10.6. The fraction of sp³-hybridized carbons (Fsp3) is 0.667. The van der Waals surface area contributed by atoms with Gasteiger partial charge in [0.2, 0.25) is 0 Å². The van der Waals surface area contributed by atoms with E-state index in [4.69, 9.17) is 19.5 Å². The van der Waals surface area contributed by atoms with E-state index in [-0.39, 0.29) is 6.35 Å². The summed E-state index contributed by atoms with van der Waals surface area (Å²) in [5, 5.41) is 3.13. The molecule has 0 saturated heterocycles. The Labute approximate surface area is 129 Å². The van der Waals surface area contributed by atoms with Crippen molar-refractivity contribution in [1.82, 2.24) is 9.97 Å². The van der Waals surface area contributed by atoms with E-state index in [2.05, 4.69) is 15.3 Å². The van der Waals surface area contributed by atoms with Gasteiger partial charge in [-0.25, -0.2) is 9.97 Å². The Bertz CT molecular complexity index is 534. The molecular weight excluding hydrogens is 309 g/mol. The zero-order valence-electron chi connectivity index (χ0n) is 12.8. The smallest absolute Gasteiger partial charge is 0.356 e. The number of nitrogen functional groups attached to an aromatic ring is 1. The molecule has 0 radical (unpaired) electrons. The molecule has 0 saturated carbocycles. The monoisotopic (exact) mass is 331 g/mol. The minimum Gasteiger partial charge on any atom is -0.382 e. The van der Waals surface area contributed by atoms with E-state index in [9.17, 15) is 4.57 Å². The van der Waals surface area contributed by atoms with E-state index in [1.54, 1.807) is 13.8 Å². The van der Waals surface area contributed by atoms with Gasteiger partial charge in [-0.15, -0.1) is 0 Å². The van der Waals surface area contributed by atoms with Crippen molar-refractivity contribution in [3.05, 3.63) is 6.33 Å². The molecule has 10 heteroatoms. The molecule has 0 amide bonds. The van der Waals surface area contributed by atoms with Crippen molar-refractivity contribution in [2.75, 3.05) is 55.3 Å². The van der Waals surface area contributed by atoms with Crippen LogP contribution < -0.4 is 16.0 Å². The van der Waals surface area contributed by atoms with Crippen molar-refractivity contribution in [1.29, 1.82) is 0 Å². The number of nitrogens with one attached hydrogen (secondary N) is 1. The van der Waals surface area contributed by atoms with Gasteiger partial charge in [-0.2, -0.15) is 0 Å². The number of rotatable bonds is 9. The van der Waals surface area contributed by atoms with Gasteiger partial charge in [0.1, 0.15) is 18.4 Å². The van der Waals surface area contributed by atoms with Crippen LogP contribution >= 0.6 is 7.60 Å². The zero-order chi connectivity index (χ0) is 16.0. The summed E-state index contributed by atoms with van der Waals surface area (Å²) in [6.45, 7) is 5.70. The first kappa shape index (κ1) is 17.0. The van der Waals surface area contributed by atoms with Crippen LogP contribution in [-0.4, -0.2) is 49.4 Å². The Morgan fingerprint density at radius 3 is 2.77 bits per heavy atom. The van der Waals surface area contributed by atoms with Gasteiger partial charge in [0.25, 0.3) is 0 Å². The van der Waals surface area contributed by atoms with Crippen molar-refractivity contribution in [2.45, 2.75) is 13.8 Å². The maximum atomic E-state index is 12.2. The summed E-state index contributed by atoms with van der Waals surface area (Å²) in [5.74, 6) is 1.17. The van der Waals surface area contributed by atoms with Gasteiger partial charge >= 0.3 is 7.60 Å². The Morgan fingerprint density at radius 1 is 1.36 bits per heavy atom. The highest BCUT2D eigenvalue weighted by Crippen LogP contribution is 2.47. The van der Waals surface area contributed by atoms with Crippen LogP contribution in [0.25, 0.3) is 0 Å². The molecule has 124 valence electrons. The molecule has 0 spiro atoms. The largest absolute Gasteiger partial charge is 0.382 e. The number of hydrogen-bond donors (Lipinski definition) is 2. The standard InChI is InChI=1S/C12H22N5O4P/c1-3-20-22(18,21-4-2)9-19-6-5-17-8-16-10-11(13)14-7-15-12(10)17/h7,16H,3-6,8-9H2,1-2H3,(H2,13,14,15).